The number of rotatable bonds is 6. The van der Waals surface area contributed by atoms with Gasteiger partial charge in [0.25, 0.3) is 0 Å². The van der Waals surface area contributed by atoms with Gasteiger partial charge < -0.3 is 10.2 Å². The Bertz CT molecular complexity index is 957. The van der Waals surface area contributed by atoms with Crippen LogP contribution in [-0.4, -0.2) is 46.9 Å². The van der Waals surface area contributed by atoms with E-state index in [-0.39, 0.29) is 11.9 Å². The molecular formula is C27H31N5O. The van der Waals surface area contributed by atoms with Crippen molar-refractivity contribution < 1.29 is 4.79 Å². The standard InChI is InChI=1S/C14H15N.C13H16N4O/c1-3-7-13(8-4-1)11-15-12-14-9-5-2-6-10-14;1-11(18)16-5-7-17(8-6-16)13(9-14)12-3-2-4-15-10-12/h1-10,15H,11-12H2;2-4,10,13H,5-8H2,1H3. The van der Waals surface area contributed by atoms with E-state index < -0.39 is 0 Å². The summed E-state index contributed by atoms with van der Waals surface area (Å²) in [6.45, 7) is 6.27. The predicted molar refractivity (Wildman–Crippen MR) is 130 cm³/mol. The molecule has 0 radical (unpaired) electrons. The minimum absolute atomic E-state index is 0.101. The number of nitrogens with one attached hydrogen (secondary N) is 1. The lowest BCUT2D eigenvalue weighted by atomic mass is 10.1. The first kappa shape index (κ1) is 24.1. The summed E-state index contributed by atoms with van der Waals surface area (Å²) in [4.78, 5) is 19.2. The van der Waals surface area contributed by atoms with Crippen LogP contribution in [0.5, 0.6) is 0 Å². The van der Waals surface area contributed by atoms with Crippen LogP contribution in [0.3, 0.4) is 0 Å². The Morgan fingerprint density at radius 2 is 1.52 bits per heavy atom. The van der Waals surface area contributed by atoms with Crippen LogP contribution in [-0.2, 0) is 17.9 Å². The van der Waals surface area contributed by atoms with Crippen molar-refractivity contribution in [2.45, 2.75) is 26.1 Å². The summed E-state index contributed by atoms with van der Waals surface area (Å²) in [5, 5.41) is 12.7. The topological polar surface area (TPSA) is 72.3 Å². The minimum Gasteiger partial charge on any atom is -0.340 e. The summed E-state index contributed by atoms with van der Waals surface area (Å²) in [6, 6.07) is 26.7. The van der Waals surface area contributed by atoms with Crippen LogP contribution in [0.1, 0.15) is 29.7 Å². The second-order valence-electron chi connectivity index (χ2n) is 7.93. The number of piperazine rings is 1. The molecule has 1 saturated heterocycles. The molecule has 2 heterocycles. The molecule has 1 unspecified atom stereocenters. The smallest absolute Gasteiger partial charge is 0.219 e. The van der Waals surface area contributed by atoms with Gasteiger partial charge in [-0.2, -0.15) is 5.26 Å². The van der Waals surface area contributed by atoms with Crippen molar-refractivity contribution >= 4 is 5.91 Å². The third-order valence-electron chi connectivity index (χ3n) is 5.59. The van der Waals surface area contributed by atoms with E-state index in [0.717, 1.165) is 31.7 Å². The molecule has 6 nitrogen and oxygen atoms in total. The molecule has 6 heteroatoms. The van der Waals surface area contributed by atoms with E-state index in [1.54, 1.807) is 19.3 Å². The van der Waals surface area contributed by atoms with Crippen molar-refractivity contribution in [3.05, 3.63) is 102 Å². The molecule has 0 spiro atoms. The van der Waals surface area contributed by atoms with Gasteiger partial charge in [-0.1, -0.05) is 66.7 Å². The number of hydrogen-bond donors (Lipinski definition) is 1. The molecule has 0 saturated carbocycles. The Labute approximate surface area is 196 Å². The fraction of sp³-hybridized carbons (Fsp3) is 0.296. The van der Waals surface area contributed by atoms with E-state index in [1.807, 2.05) is 29.2 Å². The first-order valence-corrected chi connectivity index (χ1v) is 11.2. The van der Waals surface area contributed by atoms with E-state index >= 15 is 0 Å². The molecule has 1 fully saturated rings. The molecular weight excluding hydrogens is 410 g/mol. The lowest BCUT2D eigenvalue weighted by molar-refractivity contribution is -0.130. The Morgan fingerprint density at radius 1 is 0.939 bits per heavy atom. The summed E-state index contributed by atoms with van der Waals surface area (Å²) in [5.74, 6) is 0.101. The van der Waals surface area contributed by atoms with E-state index in [9.17, 15) is 10.1 Å². The van der Waals surface area contributed by atoms with Crippen molar-refractivity contribution in [3.8, 4) is 6.07 Å². The van der Waals surface area contributed by atoms with Gasteiger partial charge in [-0.3, -0.25) is 14.7 Å². The highest BCUT2D eigenvalue weighted by molar-refractivity contribution is 5.73. The molecule has 3 aromatic rings. The minimum atomic E-state index is -0.271. The maximum Gasteiger partial charge on any atom is 0.219 e. The quantitative estimate of drug-likeness (QED) is 0.630. The van der Waals surface area contributed by atoms with Gasteiger partial charge >= 0.3 is 0 Å². The summed E-state index contributed by atoms with van der Waals surface area (Å²) < 4.78 is 0. The maximum atomic E-state index is 11.2. The Balaban J connectivity index is 0.000000189. The zero-order chi connectivity index (χ0) is 23.3. The van der Waals surface area contributed by atoms with Crippen LogP contribution in [0.15, 0.2) is 85.2 Å². The summed E-state index contributed by atoms with van der Waals surface area (Å²) in [7, 11) is 0. The maximum absolute atomic E-state index is 11.2. The van der Waals surface area contributed by atoms with Crippen molar-refractivity contribution in [2.75, 3.05) is 26.2 Å². The van der Waals surface area contributed by atoms with E-state index in [1.165, 1.54) is 11.1 Å². The molecule has 1 aromatic heterocycles. The molecule has 0 bridgehead atoms. The third kappa shape index (κ3) is 7.83. The van der Waals surface area contributed by atoms with Gasteiger partial charge in [-0.05, 0) is 17.2 Å². The van der Waals surface area contributed by atoms with Gasteiger partial charge in [0.1, 0.15) is 6.04 Å². The monoisotopic (exact) mass is 441 g/mol. The Kier molecular flexibility index (Phi) is 9.59. The first-order valence-electron chi connectivity index (χ1n) is 11.2. The lowest BCUT2D eigenvalue weighted by Crippen LogP contribution is -2.48. The fourth-order valence-electron chi connectivity index (χ4n) is 3.74. The van der Waals surface area contributed by atoms with Crippen LogP contribution >= 0.6 is 0 Å². The number of amides is 1. The van der Waals surface area contributed by atoms with Crippen LogP contribution in [0.2, 0.25) is 0 Å². The molecule has 1 amide bonds. The molecule has 1 aliphatic heterocycles. The van der Waals surface area contributed by atoms with Crippen molar-refractivity contribution in [1.82, 2.24) is 20.1 Å². The number of carbonyl (C=O) groups is 1. The van der Waals surface area contributed by atoms with E-state index in [4.69, 9.17) is 0 Å². The van der Waals surface area contributed by atoms with Crippen LogP contribution < -0.4 is 5.32 Å². The molecule has 1 atom stereocenters. The summed E-state index contributed by atoms with van der Waals surface area (Å²) in [6.07, 6.45) is 3.43. The number of hydrogen-bond acceptors (Lipinski definition) is 5. The number of pyridine rings is 1. The van der Waals surface area contributed by atoms with Crippen LogP contribution in [0, 0.1) is 11.3 Å². The molecule has 4 rings (SSSR count). The van der Waals surface area contributed by atoms with E-state index in [2.05, 4.69) is 69.8 Å². The van der Waals surface area contributed by atoms with E-state index in [0.29, 0.717) is 13.1 Å². The molecule has 170 valence electrons. The average molecular weight is 442 g/mol. The summed E-state index contributed by atoms with van der Waals surface area (Å²) >= 11 is 0. The zero-order valence-corrected chi connectivity index (χ0v) is 19.1. The fourth-order valence-corrected chi connectivity index (χ4v) is 3.74. The number of nitriles is 1. The second kappa shape index (κ2) is 13.1. The highest BCUT2D eigenvalue weighted by Gasteiger charge is 2.25. The molecule has 1 aliphatic rings. The van der Waals surface area contributed by atoms with Gasteiger partial charge in [-0.25, -0.2) is 0 Å². The van der Waals surface area contributed by atoms with Crippen LogP contribution in [0.4, 0.5) is 0 Å². The van der Waals surface area contributed by atoms with Gasteiger partial charge in [0.05, 0.1) is 6.07 Å². The average Bonchev–Trinajstić information content (AvgIpc) is 2.87. The van der Waals surface area contributed by atoms with Gasteiger partial charge in [-0.15, -0.1) is 0 Å². The van der Waals surface area contributed by atoms with Crippen molar-refractivity contribution in [3.63, 3.8) is 0 Å². The van der Waals surface area contributed by atoms with Crippen molar-refractivity contribution in [1.29, 1.82) is 5.26 Å². The highest BCUT2D eigenvalue weighted by atomic mass is 16.2. The zero-order valence-electron chi connectivity index (χ0n) is 19.1. The molecule has 33 heavy (non-hydrogen) atoms. The molecule has 0 aliphatic carbocycles. The number of aromatic nitrogens is 1. The lowest BCUT2D eigenvalue weighted by Gasteiger charge is -2.36. The Morgan fingerprint density at radius 3 is 1.97 bits per heavy atom. The molecule has 1 N–H and O–H groups in total. The normalized spacial score (nSPS) is 14.5. The number of carbonyl (C=O) groups excluding carboxylic acids is 1. The van der Waals surface area contributed by atoms with Gasteiger partial charge in [0.15, 0.2) is 0 Å². The third-order valence-corrected chi connectivity index (χ3v) is 5.59. The van der Waals surface area contributed by atoms with Gasteiger partial charge in [0.2, 0.25) is 5.91 Å². The Hall–Kier alpha value is -3.53. The van der Waals surface area contributed by atoms with Crippen molar-refractivity contribution in [2.24, 2.45) is 0 Å². The largest absolute Gasteiger partial charge is 0.340 e. The van der Waals surface area contributed by atoms with Crippen LogP contribution in [0.25, 0.3) is 0 Å². The number of nitrogens with zero attached hydrogens (tertiary/aromatic N) is 4. The molecule has 2 aromatic carbocycles. The summed E-state index contributed by atoms with van der Waals surface area (Å²) in [5.41, 5.74) is 3.57. The van der Waals surface area contributed by atoms with Gasteiger partial charge in [0, 0.05) is 64.1 Å². The first-order chi connectivity index (χ1) is 16.2. The highest BCUT2D eigenvalue weighted by Crippen LogP contribution is 2.20. The predicted octanol–water partition coefficient (Wildman–Crippen LogP) is 3.79. The second-order valence-corrected chi connectivity index (χ2v) is 7.93. The number of benzene rings is 2. The SMILES string of the molecule is CC(=O)N1CCN(C(C#N)c2cccnc2)CC1.c1ccc(CNCc2ccccc2)cc1.